The van der Waals surface area contributed by atoms with Gasteiger partial charge >= 0.3 is 0 Å². The minimum Gasteiger partial charge on any atom is -0.179 e. The Labute approximate surface area is 98.5 Å². The summed E-state index contributed by atoms with van der Waals surface area (Å²) in [4.78, 5) is 0. The summed E-state index contributed by atoms with van der Waals surface area (Å²) in [6.07, 6.45) is 6.55. The van der Waals surface area contributed by atoms with Gasteiger partial charge in [-0.05, 0) is 49.0 Å². The van der Waals surface area contributed by atoms with E-state index in [9.17, 15) is 0 Å². The summed E-state index contributed by atoms with van der Waals surface area (Å²) in [6, 6.07) is 0. The van der Waals surface area contributed by atoms with Crippen molar-refractivity contribution in [1.29, 1.82) is 0 Å². The maximum Gasteiger partial charge on any atom is 0.00480 e. The summed E-state index contributed by atoms with van der Waals surface area (Å²) in [7, 11) is 0. The fourth-order valence-electron chi connectivity index (χ4n) is 2.24. The molecule has 0 aromatic heterocycles. The van der Waals surface area contributed by atoms with Gasteiger partial charge in [-0.15, -0.1) is 0 Å². The first kappa shape index (κ1) is 12.1. The van der Waals surface area contributed by atoms with E-state index in [4.69, 9.17) is 0 Å². The van der Waals surface area contributed by atoms with Crippen molar-refractivity contribution in [3.8, 4) is 0 Å². The van der Waals surface area contributed by atoms with Crippen LogP contribution in [-0.4, -0.2) is 16.8 Å². The normalized spacial score (nSPS) is 34.8. The van der Waals surface area contributed by atoms with E-state index in [1.807, 2.05) is 0 Å². The molecule has 1 rings (SSSR count). The first-order chi connectivity index (χ1) is 6.27. The highest BCUT2D eigenvalue weighted by atomic mass is 32.1. The molecule has 0 amide bonds. The van der Waals surface area contributed by atoms with Gasteiger partial charge in [0.1, 0.15) is 0 Å². The smallest absolute Gasteiger partial charge is 0.00480 e. The summed E-state index contributed by atoms with van der Waals surface area (Å²) in [5.41, 5.74) is 0. The molecule has 13 heavy (non-hydrogen) atoms. The molecule has 0 spiro atoms. The van der Waals surface area contributed by atoms with E-state index >= 15 is 0 Å². The van der Waals surface area contributed by atoms with Crippen LogP contribution < -0.4 is 0 Å². The summed E-state index contributed by atoms with van der Waals surface area (Å²) < 4.78 is 0. The van der Waals surface area contributed by atoms with E-state index < -0.39 is 0 Å². The predicted octanol–water partition coefficient (Wildman–Crippen LogP) is 3.34. The molecule has 0 heterocycles. The third-order valence-corrected chi connectivity index (χ3v) is 4.25. The van der Waals surface area contributed by atoms with Gasteiger partial charge in [-0.3, -0.25) is 0 Å². The van der Waals surface area contributed by atoms with Crippen molar-refractivity contribution in [1.82, 2.24) is 0 Å². The molecule has 0 saturated heterocycles. The van der Waals surface area contributed by atoms with Crippen molar-refractivity contribution in [2.24, 2.45) is 11.8 Å². The van der Waals surface area contributed by atoms with Gasteiger partial charge in [-0.2, -0.15) is 37.9 Å². The molecule has 1 aliphatic carbocycles. The zero-order chi connectivity index (χ0) is 9.68. The topological polar surface area (TPSA) is 0 Å². The molecule has 0 radical (unpaired) electrons. The predicted molar refractivity (Wildman–Crippen MR) is 70.5 cm³/mol. The molecule has 0 nitrogen and oxygen atoms in total. The van der Waals surface area contributed by atoms with E-state index in [0.29, 0.717) is 5.25 Å². The Morgan fingerprint density at radius 3 is 2.23 bits per heavy atom. The number of rotatable bonds is 4. The maximum atomic E-state index is 4.68. The second kappa shape index (κ2) is 6.52. The highest BCUT2D eigenvalue weighted by Gasteiger charge is 2.26. The van der Waals surface area contributed by atoms with Gasteiger partial charge in [0.05, 0.1) is 0 Å². The molecule has 0 bridgehead atoms. The maximum absolute atomic E-state index is 4.68. The number of hydrogen-bond acceptors (Lipinski definition) is 3. The van der Waals surface area contributed by atoms with Crippen molar-refractivity contribution in [2.45, 2.75) is 37.4 Å². The van der Waals surface area contributed by atoms with E-state index in [1.54, 1.807) is 0 Å². The van der Waals surface area contributed by atoms with Gasteiger partial charge < -0.3 is 0 Å². The highest BCUT2D eigenvalue weighted by molar-refractivity contribution is 7.81. The van der Waals surface area contributed by atoms with Gasteiger partial charge in [0.25, 0.3) is 0 Å². The molecule has 78 valence electrons. The lowest BCUT2D eigenvalue weighted by Gasteiger charge is -2.33. The van der Waals surface area contributed by atoms with E-state index in [1.165, 1.54) is 32.1 Å². The first-order valence-corrected chi connectivity index (χ1v) is 6.95. The monoisotopic (exact) mass is 236 g/mol. The molecule has 3 atom stereocenters. The molecule has 3 heteroatoms. The van der Waals surface area contributed by atoms with Crippen LogP contribution in [0.25, 0.3) is 0 Å². The minimum absolute atomic E-state index is 0.616. The van der Waals surface area contributed by atoms with Crippen LogP contribution in [0.1, 0.15) is 32.1 Å². The Morgan fingerprint density at radius 2 is 1.69 bits per heavy atom. The van der Waals surface area contributed by atoms with Gasteiger partial charge in [-0.1, -0.05) is 6.42 Å². The molecule has 0 aromatic carbocycles. The van der Waals surface area contributed by atoms with E-state index in [0.717, 1.165) is 23.3 Å². The van der Waals surface area contributed by atoms with Crippen LogP contribution in [0.2, 0.25) is 0 Å². The van der Waals surface area contributed by atoms with Crippen LogP contribution in [0.15, 0.2) is 0 Å². The molecule has 3 unspecified atom stereocenters. The molecule has 1 aliphatic rings. The Bertz CT molecular complexity index is 138. The zero-order valence-electron chi connectivity index (χ0n) is 8.02. The zero-order valence-corrected chi connectivity index (χ0v) is 10.7. The lowest BCUT2D eigenvalue weighted by atomic mass is 9.79. The summed E-state index contributed by atoms with van der Waals surface area (Å²) in [5.74, 6) is 3.75. The average Bonchev–Trinajstić information content (AvgIpc) is 2.10. The molecular weight excluding hydrogens is 216 g/mol. The lowest BCUT2D eigenvalue weighted by molar-refractivity contribution is 0.277. The molecule has 1 saturated carbocycles. The quantitative estimate of drug-likeness (QED) is 0.613. The fraction of sp³-hybridized carbons (Fsp3) is 1.00. The van der Waals surface area contributed by atoms with Gasteiger partial charge in [0.2, 0.25) is 0 Å². The van der Waals surface area contributed by atoms with Crippen molar-refractivity contribution < 1.29 is 0 Å². The van der Waals surface area contributed by atoms with Crippen LogP contribution in [0.5, 0.6) is 0 Å². The van der Waals surface area contributed by atoms with E-state index in [-0.39, 0.29) is 0 Å². The van der Waals surface area contributed by atoms with Crippen molar-refractivity contribution in [2.75, 3.05) is 11.5 Å². The molecule has 0 N–H and O–H groups in total. The van der Waals surface area contributed by atoms with Gasteiger partial charge in [0.15, 0.2) is 0 Å². The Morgan fingerprint density at radius 1 is 1.00 bits per heavy atom. The summed E-state index contributed by atoms with van der Waals surface area (Å²) in [5, 5.41) is 0.616. The minimum atomic E-state index is 0.616. The Kier molecular flexibility index (Phi) is 6.08. The van der Waals surface area contributed by atoms with Gasteiger partial charge in [0, 0.05) is 5.25 Å². The van der Waals surface area contributed by atoms with Crippen LogP contribution in [0.4, 0.5) is 0 Å². The lowest BCUT2D eigenvalue weighted by Crippen LogP contribution is -2.26. The second-order valence-electron chi connectivity index (χ2n) is 4.03. The van der Waals surface area contributed by atoms with Crippen LogP contribution in [-0.2, 0) is 0 Å². The number of thiol groups is 3. The second-order valence-corrected chi connectivity index (χ2v) is 5.59. The first-order valence-electron chi connectivity index (χ1n) is 5.17. The highest BCUT2D eigenvalue weighted by Crippen LogP contribution is 2.36. The van der Waals surface area contributed by atoms with Crippen LogP contribution in [0.3, 0.4) is 0 Å². The number of hydrogen-bond donors (Lipinski definition) is 3. The fourth-order valence-corrected chi connectivity index (χ4v) is 3.53. The molecule has 0 aliphatic heterocycles. The van der Waals surface area contributed by atoms with Crippen molar-refractivity contribution >= 4 is 37.9 Å². The Hall–Kier alpha value is 1.05. The van der Waals surface area contributed by atoms with E-state index in [2.05, 4.69) is 37.9 Å². The SMILES string of the molecule is SCCC1CCC(CCS)C(S)C1. The molecule has 1 fully saturated rings. The summed E-state index contributed by atoms with van der Waals surface area (Å²) >= 11 is 13.3. The molecular formula is C10H20S3. The van der Waals surface area contributed by atoms with Crippen LogP contribution >= 0.6 is 37.9 Å². The Balaban J connectivity index is 2.28. The summed E-state index contributed by atoms with van der Waals surface area (Å²) in [6.45, 7) is 0. The third-order valence-electron chi connectivity index (χ3n) is 3.10. The third kappa shape index (κ3) is 3.96. The standard InChI is InChI=1S/C10H20S3/c11-5-3-8-1-2-9(4-6-12)10(13)7-8/h8-13H,1-7H2. The van der Waals surface area contributed by atoms with Crippen LogP contribution in [0, 0.1) is 11.8 Å². The van der Waals surface area contributed by atoms with Crippen molar-refractivity contribution in [3.05, 3.63) is 0 Å². The van der Waals surface area contributed by atoms with Gasteiger partial charge in [-0.25, -0.2) is 0 Å². The largest absolute Gasteiger partial charge is 0.179 e. The molecule has 0 aromatic rings. The average molecular weight is 236 g/mol. The van der Waals surface area contributed by atoms with Crippen molar-refractivity contribution in [3.63, 3.8) is 0 Å².